The number of phenolic OH excluding ortho intramolecular Hbond substituents is 1. The lowest BCUT2D eigenvalue weighted by molar-refractivity contribution is 0.0845. The molecule has 0 radical (unpaired) electrons. The van der Waals surface area contributed by atoms with E-state index in [-0.39, 0.29) is 21.9 Å². The Labute approximate surface area is 158 Å². The number of phenols is 1. The van der Waals surface area contributed by atoms with E-state index >= 15 is 0 Å². The van der Waals surface area contributed by atoms with Gasteiger partial charge >= 0.3 is 0 Å². The van der Waals surface area contributed by atoms with Gasteiger partial charge in [-0.15, -0.1) is 0 Å². The number of amides is 2. The van der Waals surface area contributed by atoms with Crippen molar-refractivity contribution in [3.63, 3.8) is 0 Å². The quantitative estimate of drug-likeness (QED) is 0.598. The third kappa shape index (κ3) is 3.96. The summed E-state index contributed by atoms with van der Waals surface area (Å²) >= 11 is 11.7. The largest absolute Gasteiger partial charge is 0.507 e. The molecule has 3 N–H and O–H groups in total. The number of carbonyl (C=O) groups excluding carboxylic acids is 2. The van der Waals surface area contributed by atoms with Crippen molar-refractivity contribution in [3.8, 4) is 11.4 Å². The lowest BCUT2D eigenvalue weighted by Gasteiger charge is -2.08. The van der Waals surface area contributed by atoms with Crippen LogP contribution in [0.1, 0.15) is 20.7 Å². The molecule has 0 atom stereocenters. The number of hydrogen-bond acceptors (Lipinski definition) is 4. The molecule has 3 rings (SSSR count). The van der Waals surface area contributed by atoms with Crippen LogP contribution >= 0.6 is 23.2 Å². The summed E-state index contributed by atoms with van der Waals surface area (Å²) in [5.74, 6) is -1.54. The highest BCUT2D eigenvalue weighted by Crippen LogP contribution is 2.21. The van der Waals surface area contributed by atoms with Crippen LogP contribution in [0.3, 0.4) is 0 Å². The Balaban J connectivity index is 1.67. The second-order valence-electron chi connectivity index (χ2n) is 5.22. The average Bonchev–Trinajstić information content (AvgIpc) is 3.11. The van der Waals surface area contributed by atoms with Crippen LogP contribution in [0.5, 0.6) is 5.75 Å². The minimum atomic E-state index is -0.708. The van der Waals surface area contributed by atoms with Crippen molar-refractivity contribution in [3.05, 3.63) is 76.0 Å². The monoisotopic (exact) mass is 390 g/mol. The molecule has 0 saturated heterocycles. The Hall–Kier alpha value is -3.03. The number of halogens is 2. The van der Waals surface area contributed by atoms with Crippen LogP contribution in [0.4, 0.5) is 0 Å². The number of nitrogens with one attached hydrogen (secondary N) is 2. The maximum absolute atomic E-state index is 12.2. The second-order valence-corrected chi connectivity index (χ2v) is 6.10. The molecule has 1 aromatic heterocycles. The summed E-state index contributed by atoms with van der Waals surface area (Å²) in [7, 11) is 0. The van der Waals surface area contributed by atoms with E-state index < -0.39 is 11.8 Å². The van der Waals surface area contributed by atoms with E-state index in [1.807, 2.05) is 0 Å². The Morgan fingerprint density at radius 3 is 2.50 bits per heavy atom. The molecule has 0 aliphatic carbocycles. The number of nitrogens with zero attached hydrogens (tertiary/aromatic N) is 2. The van der Waals surface area contributed by atoms with Gasteiger partial charge in [-0.1, -0.05) is 29.3 Å². The molecule has 2 aromatic carbocycles. The summed E-state index contributed by atoms with van der Waals surface area (Å²) in [5, 5.41) is 14.6. The first-order valence-electron chi connectivity index (χ1n) is 7.34. The van der Waals surface area contributed by atoms with Crippen LogP contribution in [0.2, 0.25) is 10.0 Å². The summed E-state index contributed by atoms with van der Waals surface area (Å²) in [6.45, 7) is 0. The van der Waals surface area contributed by atoms with Gasteiger partial charge in [-0.2, -0.15) is 5.10 Å². The smallest absolute Gasteiger partial charge is 0.273 e. The Morgan fingerprint density at radius 2 is 1.73 bits per heavy atom. The molecule has 0 fully saturated rings. The van der Waals surface area contributed by atoms with Crippen molar-refractivity contribution in [2.75, 3.05) is 0 Å². The fourth-order valence-electron chi connectivity index (χ4n) is 2.14. The van der Waals surface area contributed by atoms with E-state index in [0.717, 1.165) is 0 Å². The molecular weight excluding hydrogens is 379 g/mol. The first-order chi connectivity index (χ1) is 12.4. The zero-order valence-corrected chi connectivity index (χ0v) is 14.6. The molecule has 0 unspecified atom stereocenters. The second kappa shape index (κ2) is 7.47. The van der Waals surface area contributed by atoms with E-state index in [1.165, 1.54) is 35.3 Å². The summed E-state index contributed by atoms with van der Waals surface area (Å²) in [6.07, 6.45) is 2.84. The zero-order chi connectivity index (χ0) is 18.7. The number of hydrazine groups is 1. The topological polar surface area (TPSA) is 96.2 Å². The lowest BCUT2D eigenvalue weighted by atomic mass is 10.2. The molecule has 9 heteroatoms. The third-order valence-electron chi connectivity index (χ3n) is 3.41. The molecule has 0 spiro atoms. The van der Waals surface area contributed by atoms with Crippen molar-refractivity contribution in [1.82, 2.24) is 20.6 Å². The van der Waals surface area contributed by atoms with E-state index in [0.29, 0.717) is 10.7 Å². The molecule has 132 valence electrons. The van der Waals surface area contributed by atoms with Gasteiger partial charge in [0.15, 0.2) is 0 Å². The minimum Gasteiger partial charge on any atom is -0.507 e. The summed E-state index contributed by atoms with van der Waals surface area (Å²) in [6, 6.07) is 11.0. The predicted octanol–water partition coefficient (Wildman–Crippen LogP) is 2.96. The van der Waals surface area contributed by atoms with Crippen LogP contribution in [-0.4, -0.2) is 26.7 Å². The normalized spacial score (nSPS) is 10.4. The summed E-state index contributed by atoms with van der Waals surface area (Å²) in [5.41, 5.74) is 5.30. The highest BCUT2D eigenvalue weighted by molar-refractivity contribution is 6.31. The fourth-order valence-corrected chi connectivity index (χ4v) is 2.50. The highest BCUT2D eigenvalue weighted by Gasteiger charge is 2.14. The molecular formula is C17H12Cl2N4O3. The van der Waals surface area contributed by atoms with Crippen LogP contribution in [0, 0.1) is 0 Å². The SMILES string of the molecule is O=C(NNC(=O)c1cc(Cl)ccc1O)c1cnn(-c2cccc(Cl)c2)c1. The molecule has 2 amide bonds. The summed E-state index contributed by atoms with van der Waals surface area (Å²) in [4.78, 5) is 24.2. The lowest BCUT2D eigenvalue weighted by Crippen LogP contribution is -2.41. The van der Waals surface area contributed by atoms with Gasteiger partial charge in [0.05, 0.1) is 23.0 Å². The predicted molar refractivity (Wildman–Crippen MR) is 96.6 cm³/mol. The van der Waals surface area contributed by atoms with E-state index in [9.17, 15) is 14.7 Å². The number of aromatic nitrogens is 2. The number of aromatic hydroxyl groups is 1. The maximum Gasteiger partial charge on any atom is 0.273 e. The Morgan fingerprint density at radius 1 is 1.00 bits per heavy atom. The minimum absolute atomic E-state index is 0.0626. The van der Waals surface area contributed by atoms with Gasteiger partial charge in [0, 0.05) is 16.2 Å². The van der Waals surface area contributed by atoms with Crippen LogP contribution < -0.4 is 10.9 Å². The van der Waals surface area contributed by atoms with Gasteiger partial charge in [-0.05, 0) is 36.4 Å². The standard InChI is InChI=1S/C17H12Cl2N4O3/c18-11-2-1-3-13(6-11)23-9-10(8-20-23)16(25)21-22-17(26)14-7-12(19)4-5-15(14)24/h1-9,24H,(H,21,25)(H,22,26). The highest BCUT2D eigenvalue weighted by atomic mass is 35.5. The maximum atomic E-state index is 12.2. The number of hydrogen-bond donors (Lipinski definition) is 3. The molecule has 26 heavy (non-hydrogen) atoms. The van der Waals surface area contributed by atoms with E-state index in [4.69, 9.17) is 23.2 Å². The van der Waals surface area contributed by atoms with Gasteiger partial charge < -0.3 is 5.11 Å². The Kier molecular flexibility index (Phi) is 5.11. The number of benzene rings is 2. The van der Waals surface area contributed by atoms with Crippen molar-refractivity contribution in [2.24, 2.45) is 0 Å². The molecule has 1 heterocycles. The van der Waals surface area contributed by atoms with Crippen LogP contribution in [0.15, 0.2) is 54.9 Å². The van der Waals surface area contributed by atoms with Crippen LogP contribution in [-0.2, 0) is 0 Å². The molecule has 0 aliphatic heterocycles. The molecule has 0 bridgehead atoms. The first-order valence-corrected chi connectivity index (χ1v) is 8.09. The van der Waals surface area contributed by atoms with Gasteiger partial charge in [0.2, 0.25) is 0 Å². The summed E-state index contributed by atoms with van der Waals surface area (Å²) < 4.78 is 1.48. The third-order valence-corrected chi connectivity index (χ3v) is 3.88. The van der Waals surface area contributed by atoms with Crippen molar-refractivity contribution in [2.45, 2.75) is 0 Å². The molecule has 3 aromatic rings. The number of carbonyl (C=O) groups is 2. The molecule has 0 saturated carbocycles. The number of rotatable bonds is 3. The first kappa shape index (κ1) is 17.8. The van der Waals surface area contributed by atoms with Gasteiger partial charge in [0.1, 0.15) is 5.75 Å². The Bertz CT molecular complexity index is 988. The molecule has 7 nitrogen and oxygen atoms in total. The van der Waals surface area contributed by atoms with Gasteiger partial charge in [-0.25, -0.2) is 4.68 Å². The van der Waals surface area contributed by atoms with Crippen molar-refractivity contribution in [1.29, 1.82) is 0 Å². The van der Waals surface area contributed by atoms with Gasteiger partial charge in [0.25, 0.3) is 11.8 Å². The average molecular weight is 391 g/mol. The van der Waals surface area contributed by atoms with E-state index in [1.54, 1.807) is 24.3 Å². The van der Waals surface area contributed by atoms with E-state index in [2.05, 4.69) is 16.0 Å². The zero-order valence-electron chi connectivity index (χ0n) is 13.1. The van der Waals surface area contributed by atoms with Crippen molar-refractivity contribution < 1.29 is 14.7 Å². The van der Waals surface area contributed by atoms with Gasteiger partial charge in [-0.3, -0.25) is 20.4 Å². The van der Waals surface area contributed by atoms with Crippen LogP contribution in [0.25, 0.3) is 5.69 Å². The van der Waals surface area contributed by atoms with Crippen molar-refractivity contribution >= 4 is 35.0 Å². The molecule has 0 aliphatic rings. The fraction of sp³-hybridized carbons (Fsp3) is 0.